The van der Waals surface area contributed by atoms with Gasteiger partial charge in [0.15, 0.2) is 0 Å². The van der Waals surface area contributed by atoms with Crippen LogP contribution in [-0.2, 0) is 21.7 Å². The summed E-state index contributed by atoms with van der Waals surface area (Å²) in [6.07, 6.45) is -0.0413. The first kappa shape index (κ1) is 11.6. The van der Waals surface area contributed by atoms with Crippen LogP contribution in [0.4, 0.5) is 0 Å². The zero-order valence-electron chi connectivity index (χ0n) is 9.27. The van der Waals surface area contributed by atoms with Crippen LogP contribution in [0.1, 0.15) is 34.8 Å². The van der Waals surface area contributed by atoms with Crippen LogP contribution in [0.2, 0.25) is 0 Å². The Balaban J connectivity index is 2.55. The average Bonchev–Trinajstić information content (AvgIpc) is 2.50. The normalized spacial score (nSPS) is 22.1. The van der Waals surface area contributed by atoms with Gasteiger partial charge in [-0.2, -0.15) is 0 Å². The highest BCUT2D eigenvalue weighted by molar-refractivity contribution is 5.96. The lowest BCUT2D eigenvalue weighted by molar-refractivity contribution is -0.182. The molecule has 1 aromatic carbocycles. The molecule has 0 aliphatic carbocycles. The second-order valence-corrected chi connectivity index (χ2v) is 3.94. The average molecular weight is 236 g/mol. The van der Waals surface area contributed by atoms with Crippen LogP contribution < -0.4 is 0 Å². The lowest BCUT2D eigenvalue weighted by atomic mass is 9.95. The number of hydrogen-bond acceptors (Lipinski definition) is 4. The SMILES string of the molecule is CCc1cccc2c1C(=O)OC2(O)CC(=O)O. The fourth-order valence-electron chi connectivity index (χ4n) is 2.06. The molecule has 5 nitrogen and oxygen atoms in total. The summed E-state index contributed by atoms with van der Waals surface area (Å²) in [5.74, 6) is -3.93. The van der Waals surface area contributed by atoms with Crippen LogP contribution in [0.3, 0.4) is 0 Å². The number of rotatable bonds is 3. The van der Waals surface area contributed by atoms with Gasteiger partial charge in [-0.15, -0.1) is 0 Å². The molecule has 0 aromatic heterocycles. The Kier molecular flexibility index (Phi) is 2.63. The molecular weight excluding hydrogens is 224 g/mol. The molecule has 1 aliphatic heterocycles. The first-order valence-electron chi connectivity index (χ1n) is 5.28. The molecule has 90 valence electrons. The Morgan fingerprint density at radius 1 is 1.47 bits per heavy atom. The van der Waals surface area contributed by atoms with Gasteiger partial charge in [0, 0.05) is 5.56 Å². The molecule has 1 aliphatic rings. The smallest absolute Gasteiger partial charge is 0.341 e. The number of cyclic esters (lactones) is 1. The molecule has 2 rings (SSSR count). The lowest BCUT2D eigenvalue weighted by Gasteiger charge is -2.19. The fraction of sp³-hybridized carbons (Fsp3) is 0.333. The number of ether oxygens (including phenoxy) is 1. The van der Waals surface area contributed by atoms with Crippen LogP contribution in [0.15, 0.2) is 18.2 Å². The van der Waals surface area contributed by atoms with Gasteiger partial charge in [-0.05, 0) is 12.0 Å². The van der Waals surface area contributed by atoms with Gasteiger partial charge in [-0.25, -0.2) is 4.79 Å². The number of benzene rings is 1. The molecule has 0 bridgehead atoms. The van der Waals surface area contributed by atoms with Crippen LogP contribution >= 0.6 is 0 Å². The van der Waals surface area contributed by atoms with Crippen molar-refractivity contribution in [3.8, 4) is 0 Å². The molecule has 0 amide bonds. The van der Waals surface area contributed by atoms with Crippen molar-refractivity contribution < 1.29 is 24.5 Å². The molecule has 1 atom stereocenters. The van der Waals surface area contributed by atoms with Crippen LogP contribution in [0, 0.1) is 0 Å². The molecule has 0 fully saturated rings. The highest BCUT2D eigenvalue weighted by atomic mass is 16.7. The minimum atomic E-state index is -2.04. The molecule has 2 N–H and O–H groups in total. The van der Waals surface area contributed by atoms with Crippen molar-refractivity contribution in [3.63, 3.8) is 0 Å². The Labute approximate surface area is 97.6 Å². The summed E-state index contributed by atoms with van der Waals surface area (Å²) in [7, 11) is 0. The third-order valence-corrected chi connectivity index (χ3v) is 2.81. The summed E-state index contributed by atoms with van der Waals surface area (Å²) in [6.45, 7) is 1.87. The van der Waals surface area contributed by atoms with E-state index < -0.39 is 24.1 Å². The minimum Gasteiger partial charge on any atom is -0.481 e. The number of carbonyl (C=O) groups excluding carboxylic acids is 1. The van der Waals surface area contributed by atoms with E-state index in [1.165, 1.54) is 6.07 Å². The van der Waals surface area contributed by atoms with Gasteiger partial charge >= 0.3 is 11.9 Å². The van der Waals surface area contributed by atoms with Gasteiger partial charge in [-0.1, -0.05) is 25.1 Å². The summed E-state index contributed by atoms with van der Waals surface area (Å²) >= 11 is 0. The Bertz CT molecular complexity index is 494. The summed E-state index contributed by atoms with van der Waals surface area (Å²) in [5.41, 5.74) is 1.27. The highest BCUT2D eigenvalue weighted by Gasteiger charge is 2.46. The zero-order chi connectivity index (χ0) is 12.6. The van der Waals surface area contributed by atoms with Gasteiger partial charge in [-0.3, -0.25) is 4.79 Å². The number of carboxylic acids is 1. The second-order valence-electron chi connectivity index (χ2n) is 3.94. The van der Waals surface area contributed by atoms with Gasteiger partial charge < -0.3 is 14.9 Å². The van der Waals surface area contributed by atoms with E-state index in [1.807, 2.05) is 6.92 Å². The Hall–Kier alpha value is -1.88. The summed E-state index contributed by atoms with van der Waals surface area (Å²) in [6, 6.07) is 4.95. The second kappa shape index (κ2) is 3.85. The Morgan fingerprint density at radius 2 is 2.18 bits per heavy atom. The van der Waals surface area contributed by atoms with E-state index >= 15 is 0 Å². The molecule has 0 saturated heterocycles. The van der Waals surface area contributed by atoms with Crippen molar-refractivity contribution in [2.75, 3.05) is 0 Å². The van der Waals surface area contributed by atoms with Crippen molar-refractivity contribution in [3.05, 3.63) is 34.9 Å². The fourth-order valence-corrected chi connectivity index (χ4v) is 2.06. The van der Waals surface area contributed by atoms with Crippen LogP contribution in [-0.4, -0.2) is 22.2 Å². The lowest BCUT2D eigenvalue weighted by Crippen LogP contribution is -2.28. The molecule has 0 radical (unpaired) electrons. The zero-order valence-corrected chi connectivity index (χ0v) is 9.27. The van der Waals surface area contributed by atoms with Crippen molar-refractivity contribution in [2.24, 2.45) is 0 Å². The third-order valence-electron chi connectivity index (χ3n) is 2.81. The molecular formula is C12H12O5. The van der Waals surface area contributed by atoms with Crippen molar-refractivity contribution in [1.29, 1.82) is 0 Å². The minimum absolute atomic E-state index is 0.240. The summed E-state index contributed by atoms with van der Waals surface area (Å²) in [5, 5.41) is 18.8. The largest absolute Gasteiger partial charge is 0.481 e. The number of hydrogen-bond donors (Lipinski definition) is 2. The van der Waals surface area contributed by atoms with E-state index in [4.69, 9.17) is 9.84 Å². The summed E-state index contributed by atoms with van der Waals surface area (Å²) in [4.78, 5) is 22.3. The number of esters is 1. The van der Waals surface area contributed by atoms with Crippen LogP contribution in [0.25, 0.3) is 0 Å². The van der Waals surface area contributed by atoms with E-state index in [9.17, 15) is 14.7 Å². The quantitative estimate of drug-likeness (QED) is 0.766. The monoisotopic (exact) mass is 236 g/mol. The van der Waals surface area contributed by atoms with Gasteiger partial charge in [0.1, 0.15) is 6.42 Å². The molecule has 17 heavy (non-hydrogen) atoms. The maximum Gasteiger partial charge on any atom is 0.341 e. The van der Waals surface area contributed by atoms with E-state index in [0.29, 0.717) is 12.0 Å². The number of carboxylic acid groups (broad SMARTS) is 1. The van der Waals surface area contributed by atoms with E-state index in [1.54, 1.807) is 12.1 Å². The first-order chi connectivity index (χ1) is 7.98. The Morgan fingerprint density at radius 3 is 2.76 bits per heavy atom. The van der Waals surface area contributed by atoms with Crippen molar-refractivity contribution in [2.45, 2.75) is 25.6 Å². The molecule has 1 unspecified atom stereocenters. The molecule has 0 saturated carbocycles. The van der Waals surface area contributed by atoms with Gasteiger partial charge in [0.2, 0.25) is 5.79 Å². The van der Waals surface area contributed by atoms with Crippen molar-refractivity contribution >= 4 is 11.9 Å². The van der Waals surface area contributed by atoms with Crippen LogP contribution in [0.5, 0.6) is 0 Å². The van der Waals surface area contributed by atoms with E-state index in [-0.39, 0.29) is 5.56 Å². The standard InChI is InChI=1S/C12H12O5/c1-2-7-4-3-5-8-10(7)11(15)17-12(8,16)6-9(13)14/h3-5,16H,2,6H2,1H3,(H,13,14). The summed E-state index contributed by atoms with van der Waals surface area (Å²) < 4.78 is 4.81. The number of aryl methyl sites for hydroxylation is 1. The van der Waals surface area contributed by atoms with Gasteiger partial charge in [0.05, 0.1) is 5.56 Å². The molecule has 0 spiro atoms. The predicted octanol–water partition coefficient (Wildman–Crippen LogP) is 1.04. The van der Waals surface area contributed by atoms with E-state index in [0.717, 1.165) is 5.56 Å². The topological polar surface area (TPSA) is 83.8 Å². The number of aliphatic hydroxyl groups is 1. The third kappa shape index (κ3) is 1.78. The van der Waals surface area contributed by atoms with E-state index in [2.05, 4.69) is 0 Å². The maximum atomic E-state index is 11.7. The molecule has 5 heteroatoms. The highest BCUT2D eigenvalue weighted by Crippen LogP contribution is 2.38. The van der Waals surface area contributed by atoms with Gasteiger partial charge in [0.25, 0.3) is 0 Å². The number of carbonyl (C=O) groups is 2. The first-order valence-corrected chi connectivity index (χ1v) is 5.28. The number of fused-ring (bicyclic) bond motifs is 1. The maximum absolute atomic E-state index is 11.7. The van der Waals surface area contributed by atoms with Crippen molar-refractivity contribution in [1.82, 2.24) is 0 Å². The molecule has 1 aromatic rings. The molecule has 1 heterocycles. The number of aliphatic carboxylic acids is 1. The predicted molar refractivity (Wildman–Crippen MR) is 57.4 cm³/mol.